The summed E-state index contributed by atoms with van der Waals surface area (Å²) in [5, 5.41) is 0. The van der Waals surface area contributed by atoms with E-state index in [1.807, 2.05) is 94.1 Å². The highest BCUT2D eigenvalue weighted by molar-refractivity contribution is 8.42. The molecular weight excluding hydrogens is 521 g/mol. The molecule has 3 heterocycles. The Kier molecular flexibility index (Phi) is 13.1. The van der Waals surface area contributed by atoms with Gasteiger partial charge in [0.15, 0.2) is 0 Å². The van der Waals surface area contributed by atoms with Crippen LogP contribution in [0.15, 0.2) is 26.8 Å². The predicted molar refractivity (Wildman–Crippen MR) is 146 cm³/mol. The highest BCUT2D eigenvalue weighted by Crippen LogP contribution is 2.63. The van der Waals surface area contributed by atoms with E-state index >= 15 is 0 Å². The molecule has 0 spiro atoms. The molecule has 0 aliphatic carbocycles. The van der Waals surface area contributed by atoms with Crippen molar-refractivity contribution in [2.45, 2.75) is 0 Å². The minimum absolute atomic E-state index is 0.654. The van der Waals surface area contributed by atoms with Gasteiger partial charge < -0.3 is 14.2 Å². The molecule has 164 valence electrons. The molecule has 0 amide bonds. The average molecular weight is 547 g/mol. The van der Waals surface area contributed by atoms with Crippen molar-refractivity contribution in [3.8, 4) is 0 Å². The normalized spacial score (nSPS) is 24.2. The van der Waals surface area contributed by atoms with E-state index in [9.17, 15) is 0 Å². The molecule has 3 nitrogen and oxygen atoms in total. The van der Waals surface area contributed by atoms with Gasteiger partial charge >= 0.3 is 0 Å². The maximum atomic E-state index is 5.68. The summed E-state index contributed by atoms with van der Waals surface area (Å²) in [4.78, 5) is 3.07. The highest BCUT2D eigenvalue weighted by atomic mass is 32.3. The summed E-state index contributed by atoms with van der Waals surface area (Å²) in [6.07, 6.45) is 4.36. The van der Waals surface area contributed by atoms with Gasteiger partial charge in [-0.25, -0.2) is 0 Å². The molecule has 0 saturated heterocycles. The smallest absolute Gasteiger partial charge is 0.0717 e. The van der Waals surface area contributed by atoms with Gasteiger partial charge in [0.05, 0.1) is 56.6 Å². The lowest BCUT2D eigenvalue weighted by Crippen LogP contribution is -2.11. The van der Waals surface area contributed by atoms with E-state index in [0.717, 1.165) is 36.2 Å². The first-order chi connectivity index (χ1) is 14.3. The van der Waals surface area contributed by atoms with Gasteiger partial charge in [-0.3, -0.25) is 0 Å². The lowest BCUT2D eigenvalue weighted by Gasteiger charge is -2.07. The van der Waals surface area contributed by atoms with Crippen molar-refractivity contribution in [1.29, 1.82) is 0 Å². The maximum Gasteiger partial charge on any atom is 0.0717 e. The third-order valence-corrected chi connectivity index (χ3v) is 14.5. The SMILES string of the molecule is CSC1=C(SC)SC(=C2SC3=C(CSCCOCCOCCOCCSC3)S2)S1. The Morgan fingerprint density at radius 3 is 1.45 bits per heavy atom. The van der Waals surface area contributed by atoms with E-state index in [-0.39, 0.29) is 0 Å². The number of rotatable bonds is 2. The van der Waals surface area contributed by atoms with E-state index in [4.69, 9.17) is 14.2 Å². The van der Waals surface area contributed by atoms with E-state index in [1.165, 1.54) is 26.8 Å². The summed E-state index contributed by atoms with van der Waals surface area (Å²) < 4.78 is 22.7. The Morgan fingerprint density at radius 2 is 1.00 bits per heavy atom. The standard InChI is InChI=1S/C18H26O3S8/c1-22-15-16(23-2)29-18(28-15)17-26-13-11-24-9-7-20-5-3-19-4-6-21-8-10-25-12-14(13)27-17/h3-12H2,1-2H3. The molecule has 0 atom stereocenters. The maximum absolute atomic E-state index is 5.68. The van der Waals surface area contributed by atoms with E-state index < -0.39 is 0 Å². The monoisotopic (exact) mass is 546 g/mol. The van der Waals surface area contributed by atoms with Crippen LogP contribution < -0.4 is 0 Å². The van der Waals surface area contributed by atoms with Crippen molar-refractivity contribution in [2.75, 3.05) is 75.2 Å². The fourth-order valence-corrected chi connectivity index (χ4v) is 12.7. The summed E-state index contributed by atoms with van der Waals surface area (Å²) >= 11 is 15.6. The topological polar surface area (TPSA) is 27.7 Å². The van der Waals surface area contributed by atoms with Crippen LogP contribution in [0, 0.1) is 0 Å². The zero-order chi connectivity index (χ0) is 20.3. The first kappa shape index (κ1) is 25.5. The van der Waals surface area contributed by atoms with Gasteiger partial charge in [0.2, 0.25) is 0 Å². The molecule has 29 heavy (non-hydrogen) atoms. The zero-order valence-corrected chi connectivity index (χ0v) is 23.1. The van der Waals surface area contributed by atoms with Gasteiger partial charge in [-0.1, -0.05) is 47.0 Å². The van der Waals surface area contributed by atoms with E-state index in [0.29, 0.717) is 26.4 Å². The molecular formula is C18H26O3S8. The van der Waals surface area contributed by atoms with Crippen molar-refractivity contribution < 1.29 is 14.2 Å². The summed E-state index contributed by atoms with van der Waals surface area (Å²) in [5.41, 5.74) is 0. The highest BCUT2D eigenvalue weighted by Gasteiger charge is 2.29. The molecule has 3 aliphatic rings. The molecule has 0 radical (unpaired) electrons. The molecule has 0 aromatic carbocycles. The van der Waals surface area contributed by atoms with Crippen molar-refractivity contribution in [3.63, 3.8) is 0 Å². The van der Waals surface area contributed by atoms with Crippen LogP contribution in [-0.4, -0.2) is 75.2 Å². The van der Waals surface area contributed by atoms with Gasteiger partial charge in [-0.05, 0) is 12.5 Å². The molecule has 0 bridgehead atoms. The van der Waals surface area contributed by atoms with Crippen LogP contribution in [0.1, 0.15) is 0 Å². The number of ether oxygens (including phenoxy) is 3. The third-order valence-electron chi connectivity index (χ3n) is 3.77. The number of hydrogen-bond acceptors (Lipinski definition) is 11. The van der Waals surface area contributed by atoms with Gasteiger partial charge in [0, 0.05) is 32.8 Å². The zero-order valence-electron chi connectivity index (χ0n) is 16.6. The lowest BCUT2D eigenvalue weighted by molar-refractivity contribution is 0.0205. The van der Waals surface area contributed by atoms with Crippen LogP contribution in [0.4, 0.5) is 0 Å². The van der Waals surface area contributed by atoms with Gasteiger partial charge in [-0.15, -0.1) is 23.5 Å². The first-order valence-corrected chi connectivity index (χ1v) is 17.2. The minimum Gasteiger partial charge on any atom is -0.378 e. The predicted octanol–water partition coefficient (Wildman–Crippen LogP) is 6.67. The van der Waals surface area contributed by atoms with Crippen molar-refractivity contribution >= 4 is 94.1 Å². The minimum atomic E-state index is 0.654. The largest absolute Gasteiger partial charge is 0.378 e. The Bertz CT molecular complexity index is 587. The summed E-state index contributed by atoms with van der Waals surface area (Å²) in [7, 11) is 0. The van der Waals surface area contributed by atoms with E-state index in [2.05, 4.69) is 12.5 Å². The quantitative estimate of drug-likeness (QED) is 0.372. The summed E-state index contributed by atoms with van der Waals surface area (Å²) in [6.45, 7) is 4.22. The van der Waals surface area contributed by atoms with E-state index in [1.54, 1.807) is 0 Å². The Balaban J connectivity index is 1.59. The first-order valence-electron chi connectivity index (χ1n) is 9.20. The summed E-state index contributed by atoms with van der Waals surface area (Å²) in [5.74, 6) is 4.22. The van der Waals surface area contributed by atoms with Gasteiger partial charge in [-0.2, -0.15) is 23.5 Å². The molecule has 0 aromatic heterocycles. The molecule has 0 aromatic rings. The Labute approximate surface area is 208 Å². The van der Waals surface area contributed by atoms with Crippen molar-refractivity contribution in [2.24, 2.45) is 0 Å². The van der Waals surface area contributed by atoms with Crippen LogP contribution >= 0.6 is 94.1 Å². The third kappa shape index (κ3) is 8.64. The molecule has 11 heteroatoms. The van der Waals surface area contributed by atoms with Gasteiger partial charge in [0.1, 0.15) is 0 Å². The molecule has 0 unspecified atom stereocenters. The van der Waals surface area contributed by atoms with Crippen LogP contribution in [0.2, 0.25) is 0 Å². The molecule has 3 rings (SSSR count). The fourth-order valence-electron chi connectivity index (χ4n) is 2.37. The second-order valence-corrected chi connectivity index (χ2v) is 14.9. The average Bonchev–Trinajstić information content (AvgIpc) is 3.34. The second-order valence-electron chi connectivity index (χ2n) is 5.75. The molecule has 0 fully saturated rings. The summed E-state index contributed by atoms with van der Waals surface area (Å²) in [6, 6.07) is 0. The molecule has 0 saturated carbocycles. The molecule has 0 N–H and O–H groups in total. The lowest BCUT2D eigenvalue weighted by atomic mass is 10.5. The van der Waals surface area contributed by atoms with Crippen LogP contribution in [-0.2, 0) is 14.2 Å². The molecule has 3 aliphatic heterocycles. The van der Waals surface area contributed by atoms with Crippen LogP contribution in [0.25, 0.3) is 0 Å². The van der Waals surface area contributed by atoms with Gasteiger partial charge in [0.25, 0.3) is 0 Å². The van der Waals surface area contributed by atoms with Crippen molar-refractivity contribution in [1.82, 2.24) is 0 Å². The fraction of sp³-hybridized carbons (Fsp3) is 0.667. The number of thioether (sulfide) groups is 8. The Hall–Kier alpha value is 1.90. The second kappa shape index (κ2) is 14.9. The number of hydrogen-bond donors (Lipinski definition) is 0. The van der Waals surface area contributed by atoms with Crippen LogP contribution in [0.5, 0.6) is 0 Å². The van der Waals surface area contributed by atoms with Crippen LogP contribution in [0.3, 0.4) is 0 Å². The van der Waals surface area contributed by atoms with Crippen molar-refractivity contribution in [3.05, 3.63) is 26.8 Å². The Morgan fingerprint density at radius 1 is 0.586 bits per heavy atom.